The van der Waals surface area contributed by atoms with Crippen LogP contribution in [0.2, 0.25) is 0 Å². The van der Waals surface area contributed by atoms with Gasteiger partial charge in [-0.25, -0.2) is 0 Å². The molecule has 0 aliphatic heterocycles. The van der Waals surface area contributed by atoms with Gasteiger partial charge in [-0.2, -0.15) is 0 Å². The summed E-state index contributed by atoms with van der Waals surface area (Å²) in [5.74, 6) is 0.554. The molecule has 1 rings (SSSR count). The van der Waals surface area contributed by atoms with Crippen molar-refractivity contribution in [2.75, 3.05) is 0 Å². The van der Waals surface area contributed by atoms with Crippen LogP contribution < -0.4 is 0 Å². The van der Waals surface area contributed by atoms with Crippen molar-refractivity contribution in [1.82, 2.24) is 15.0 Å². The zero-order chi connectivity index (χ0) is 13.9. The summed E-state index contributed by atoms with van der Waals surface area (Å²) in [7, 11) is 1.93. The number of hydrogen-bond donors (Lipinski definition) is 0. The molecule has 0 N–H and O–H groups in total. The third kappa shape index (κ3) is 7.34. The van der Waals surface area contributed by atoms with Gasteiger partial charge in [0.05, 0.1) is 5.69 Å². The van der Waals surface area contributed by atoms with E-state index in [0.717, 1.165) is 5.69 Å². The Morgan fingerprint density at radius 1 is 1.00 bits per heavy atom. The van der Waals surface area contributed by atoms with E-state index in [1.54, 1.807) is 4.68 Å². The van der Waals surface area contributed by atoms with Gasteiger partial charge < -0.3 is 0 Å². The van der Waals surface area contributed by atoms with Crippen LogP contribution in [0.3, 0.4) is 0 Å². The fourth-order valence-corrected chi connectivity index (χ4v) is 2.50. The first-order valence-corrected chi connectivity index (χ1v) is 8.10. The van der Waals surface area contributed by atoms with Crippen LogP contribution >= 0.6 is 0 Å². The van der Waals surface area contributed by atoms with E-state index >= 15 is 0 Å². The quantitative estimate of drug-likeness (QED) is 0.536. The largest absolute Gasteiger partial charge is 0.255 e. The van der Waals surface area contributed by atoms with E-state index in [1.165, 1.54) is 64.2 Å². The highest BCUT2D eigenvalue weighted by Gasteiger charge is 2.08. The fraction of sp³-hybridized carbons (Fsp3) is 0.875. The van der Waals surface area contributed by atoms with Gasteiger partial charge in [0, 0.05) is 19.2 Å². The lowest BCUT2D eigenvalue weighted by Gasteiger charge is -2.07. The van der Waals surface area contributed by atoms with Crippen LogP contribution in [0.4, 0.5) is 0 Å². The number of unbranched alkanes of at least 4 members (excludes halogenated alkanes) is 8. The maximum absolute atomic E-state index is 4.19. The Bertz CT molecular complexity index is 320. The van der Waals surface area contributed by atoms with Gasteiger partial charge in [-0.1, -0.05) is 76.8 Å². The molecule has 1 atom stereocenters. The maximum atomic E-state index is 4.19. The van der Waals surface area contributed by atoms with Crippen LogP contribution in [0.15, 0.2) is 6.20 Å². The number of nitrogens with zero attached hydrogens (tertiary/aromatic N) is 3. The first-order valence-electron chi connectivity index (χ1n) is 8.10. The predicted molar refractivity (Wildman–Crippen MR) is 81.3 cm³/mol. The number of aromatic nitrogens is 3. The van der Waals surface area contributed by atoms with Crippen molar-refractivity contribution in [3.63, 3.8) is 0 Å². The molecule has 1 aromatic heterocycles. The van der Waals surface area contributed by atoms with Crippen LogP contribution in [-0.2, 0) is 7.05 Å². The van der Waals surface area contributed by atoms with Gasteiger partial charge in [-0.15, -0.1) is 5.10 Å². The zero-order valence-corrected chi connectivity index (χ0v) is 13.1. The van der Waals surface area contributed by atoms with Crippen molar-refractivity contribution in [2.24, 2.45) is 7.05 Å². The number of hydrogen-bond acceptors (Lipinski definition) is 2. The number of rotatable bonds is 11. The lowest BCUT2D eigenvalue weighted by Crippen LogP contribution is -1.94. The molecule has 0 saturated heterocycles. The summed E-state index contributed by atoms with van der Waals surface area (Å²) in [5, 5.41) is 8.18. The van der Waals surface area contributed by atoms with E-state index in [9.17, 15) is 0 Å². The van der Waals surface area contributed by atoms with Crippen LogP contribution in [-0.4, -0.2) is 15.0 Å². The van der Waals surface area contributed by atoms with Crippen molar-refractivity contribution < 1.29 is 0 Å². The van der Waals surface area contributed by atoms with Gasteiger partial charge in [-0.05, 0) is 6.42 Å². The molecule has 0 saturated carbocycles. The Hall–Kier alpha value is -0.860. The predicted octanol–water partition coefficient (Wildman–Crippen LogP) is 4.84. The highest BCUT2D eigenvalue weighted by atomic mass is 15.4. The highest BCUT2D eigenvalue weighted by Crippen LogP contribution is 2.20. The summed E-state index contributed by atoms with van der Waals surface area (Å²) < 4.78 is 1.79. The molecule has 0 radical (unpaired) electrons. The molecule has 1 unspecified atom stereocenters. The lowest BCUT2D eigenvalue weighted by molar-refractivity contribution is 0.535. The molecule has 0 aliphatic rings. The summed E-state index contributed by atoms with van der Waals surface area (Å²) in [6.45, 7) is 4.53. The van der Waals surface area contributed by atoms with Crippen molar-refractivity contribution in [2.45, 2.75) is 84.0 Å². The Kier molecular flexibility index (Phi) is 8.52. The molecule has 0 spiro atoms. The van der Waals surface area contributed by atoms with Crippen LogP contribution in [0.1, 0.15) is 89.7 Å². The highest BCUT2D eigenvalue weighted by molar-refractivity contribution is 4.99. The van der Waals surface area contributed by atoms with E-state index in [2.05, 4.69) is 24.2 Å². The molecule has 110 valence electrons. The molecule has 0 amide bonds. The second-order valence-electron chi connectivity index (χ2n) is 5.84. The van der Waals surface area contributed by atoms with Crippen molar-refractivity contribution in [3.05, 3.63) is 11.9 Å². The summed E-state index contributed by atoms with van der Waals surface area (Å²) >= 11 is 0. The van der Waals surface area contributed by atoms with Gasteiger partial charge in [0.15, 0.2) is 0 Å². The maximum Gasteiger partial charge on any atom is 0.0855 e. The van der Waals surface area contributed by atoms with Gasteiger partial charge in [0.25, 0.3) is 0 Å². The molecule has 0 fully saturated rings. The Morgan fingerprint density at radius 2 is 1.58 bits per heavy atom. The van der Waals surface area contributed by atoms with Crippen LogP contribution in [0, 0.1) is 0 Å². The molecular weight excluding hydrogens is 234 g/mol. The van der Waals surface area contributed by atoms with Crippen molar-refractivity contribution in [1.29, 1.82) is 0 Å². The minimum atomic E-state index is 0.554. The van der Waals surface area contributed by atoms with Gasteiger partial charge in [0.1, 0.15) is 0 Å². The SMILES string of the molecule is CCCCCCCCCCCC(C)c1cn(C)nn1. The average Bonchev–Trinajstić information content (AvgIpc) is 2.83. The molecule has 0 aromatic carbocycles. The van der Waals surface area contributed by atoms with Gasteiger partial charge in [0.2, 0.25) is 0 Å². The minimum Gasteiger partial charge on any atom is -0.255 e. The fourth-order valence-electron chi connectivity index (χ4n) is 2.50. The number of aryl methyl sites for hydroxylation is 1. The molecule has 3 nitrogen and oxygen atoms in total. The van der Waals surface area contributed by atoms with Gasteiger partial charge >= 0.3 is 0 Å². The smallest absolute Gasteiger partial charge is 0.0855 e. The monoisotopic (exact) mass is 265 g/mol. The third-order valence-corrected chi connectivity index (χ3v) is 3.87. The van der Waals surface area contributed by atoms with Crippen molar-refractivity contribution in [3.8, 4) is 0 Å². The van der Waals surface area contributed by atoms with Gasteiger partial charge in [-0.3, -0.25) is 4.68 Å². The summed E-state index contributed by atoms with van der Waals surface area (Å²) in [5.41, 5.74) is 1.14. The molecular formula is C16H31N3. The minimum absolute atomic E-state index is 0.554. The topological polar surface area (TPSA) is 30.7 Å². The Balaban J connectivity index is 1.93. The summed E-state index contributed by atoms with van der Waals surface area (Å²) in [6.07, 6.45) is 15.9. The zero-order valence-electron chi connectivity index (χ0n) is 13.1. The van der Waals surface area contributed by atoms with E-state index in [-0.39, 0.29) is 0 Å². The molecule has 0 bridgehead atoms. The van der Waals surface area contributed by atoms with E-state index < -0.39 is 0 Å². The average molecular weight is 265 g/mol. The van der Waals surface area contributed by atoms with E-state index in [1.807, 2.05) is 13.2 Å². The molecule has 1 aromatic rings. The second kappa shape index (κ2) is 9.99. The van der Waals surface area contributed by atoms with Crippen LogP contribution in [0.25, 0.3) is 0 Å². The molecule has 0 aliphatic carbocycles. The van der Waals surface area contributed by atoms with E-state index in [0.29, 0.717) is 5.92 Å². The second-order valence-corrected chi connectivity index (χ2v) is 5.84. The Morgan fingerprint density at radius 3 is 2.11 bits per heavy atom. The summed E-state index contributed by atoms with van der Waals surface area (Å²) in [6, 6.07) is 0. The van der Waals surface area contributed by atoms with Crippen LogP contribution in [0.5, 0.6) is 0 Å². The standard InChI is InChI=1S/C16H31N3/c1-4-5-6-7-8-9-10-11-12-13-15(2)16-14-19(3)18-17-16/h14-15H,4-13H2,1-3H3. The molecule has 19 heavy (non-hydrogen) atoms. The molecule has 3 heteroatoms. The summed E-state index contributed by atoms with van der Waals surface area (Å²) in [4.78, 5) is 0. The van der Waals surface area contributed by atoms with E-state index in [4.69, 9.17) is 0 Å². The first kappa shape index (κ1) is 16.2. The molecule has 1 heterocycles. The lowest BCUT2D eigenvalue weighted by atomic mass is 9.99. The van der Waals surface area contributed by atoms with Crippen molar-refractivity contribution >= 4 is 0 Å². The normalized spacial score (nSPS) is 12.8. The third-order valence-electron chi connectivity index (χ3n) is 3.87. The first-order chi connectivity index (χ1) is 9.24. The Labute approximate surface area is 118 Å².